The van der Waals surface area contributed by atoms with Crippen molar-refractivity contribution in [1.82, 2.24) is 9.97 Å². The summed E-state index contributed by atoms with van der Waals surface area (Å²) in [6.07, 6.45) is 1.44. The quantitative estimate of drug-likeness (QED) is 0.568. The van der Waals surface area contributed by atoms with E-state index in [-0.39, 0.29) is 6.79 Å². The molecule has 0 aliphatic carbocycles. The number of hydrogen-bond acceptors (Lipinski definition) is 7. The highest BCUT2D eigenvalue weighted by molar-refractivity contribution is 5.66. The molecule has 2 heterocycles. The Bertz CT molecular complexity index is 617. The van der Waals surface area contributed by atoms with E-state index in [1.165, 1.54) is 6.33 Å². The molecule has 98 valence electrons. The zero-order chi connectivity index (χ0) is 13.2. The molecule has 0 fully saturated rings. The lowest BCUT2D eigenvalue weighted by molar-refractivity contribution is 0.174. The van der Waals surface area contributed by atoms with Crippen molar-refractivity contribution in [3.05, 3.63) is 30.1 Å². The molecule has 0 bridgehead atoms. The summed E-state index contributed by atoms with van der Waals surface area (Å²) in [7, 11) is 0. The number of hydrogen-bond donors (Lipinski definition) is 3. The molecule has 2 aromatic rings. The van der Waals surface area contributed by atoms with Crippen molar-refractivity contribution in [2.45, 2.75) is 6.92 Å². The zero-order valence-corrected chi connectivity index (χ0v) is 10.3. The van der Waals surface area contributed by atoms with Gasteiger partial charge in [-0.2, -0.15) is 0 Å². The second-order valence-corrected chi connectivity index (χ2v) is 4.03. The maximum absolute atomic E-state index is 5.38. The molecule has 0 saturated heterocycles. The van der Waals surface area contributed by atoms with Crippen LogP contribution in [-0.4, -0.2) is 16.8 Å². The minimum atomic E-state index is 0.257. The van der Waals surface area contributed by atoms with Gasteiger partial charge in [-0.1, -0.05) is 0 Å². The number of nitrogen functional groups attached to an aromatic ring is 1. The van der Waals surface area contributed by atoms with Crippen LogP contribution in [0.25, 0.3) is 0 Å². The first-order chi connectivity index (χ1) is 9.28. The number of nitrogens with one attached hydrogen (secondary N) is 2. The SMILES string of the molecule is Cc1c(NN)ncnc1Nc1ccc2c(c1)OCO2. The van der Waals surface area contributed by atoms with Gasteiger partial charge < -0.3 is 20.2 Å². The highest BCUT2D eigenvalue weighted by atomic mass is 16.7. The number of aromatic nitrogens is 2. The van der Waals surface area contributed by atoms with Crippen LogP contribution in [0.15, 0.2) is 24.5 Å². The molecule has 1 aromatic carbocycles. The van der Waals surface area contributed by atoms with Crippen LogP contribution in [0, 0.1) is 6.92 Å². The van der Waals surface area contributed by atoms with Crippen molar-refractivity contribution in [3.63, 3.8) is 0 Å². The third kappa shape index (κ3) is 2.11. The van der Waals surface area contributed by atoms with E-state index in [1.807, 2.05) is 25.1 Å². The molecule has 0 unspecified atom stereocenters. The van der Waals surface area contributed by atoms with Crippen molar-refractivity contribution in [2.75, 3.05) is 17.5 Å². The van der Waals surface area contributed by atoms with Gasteiger partial charge in [0.1, 0.15) is 18.0 Å². The highest BCUT2D eigenvalue weighted by Crippen LogP contribution is 2.35. The van der Waals surface area contributed by atoms with Crippen LogP contribution in [0.5, 0.6) is 11.5 Å². The fourth-order valence-electron chi connectivity index (χ4n) is 1.83. The molecular weight excluding hydrogens is 246 g/mol. The van der Waals surface area contributed by atoms with Gasteiger partial charge in [0.25, 0.3) is 0 Å². The molecule has 0 spiro atoms. The number of nitrogens with zero attached hydrogens (tertiary/aromatic N) is 2. The molecule has 0 amide bonds. The fourth-order valence-corrected chi connectivity index (χ4v) is 1.83. The van der Waals surface area contributed by atoms with E-state index < -0.39 is 0 Å². The molecule has 7 nitrogen and oxygen atoms in total. The minimum absolute atomic E-state index is 0.257. The van der Waals surface area contributed by atoms with Gasteiger partial charge in [-0.25, -0.2) is 15.8 Å². The average Bonchev–Trinajstić information content (AvgIpc) is 2.88. The van der Waals surface area contributed by atoms with Crippen molar-refractivity contribution in [1.29, 1.82) is 0 Å². The lowest BCUT2D eigenvalue weighted by atomic mass is 10.2. The summed E-state index contributed by atoms with van der Waals surface area (Å²) in [5.74, 6) is 8.11. The van der Waals surface area contributed by atoms with Crippen LogP contribution in [0.4, 0.5) is 17.3 Å². The summed E-state index contributed by atoms with van der Waals surface area (Å²) in [6.45, 7) is 2.14. The molecule has 1 aliphatic rings. The summed E-state index contributed by atoms with van der Waals surface area (Å²) < 4.78 is 10.6. The Morgan fingerprint density at radius 3 is 2.79 bits per heavy atom. The Kier molecular flexibility index (Phi) is 2.81. The third-order valence-corrected chi connectivity index (χ3v) is 2.86. The molecular formula is C12H13N5O2. The predicted octanol–water partition coefficient (Wildman–Crippen LogP) is 1.54. The number of rotatable bonds is 3. The monoisotopic (exact) mass is 259 g/mol. The van der Waals surface area contributed by atoms with Gasteiger partial charge in [0.15, 0.2) is 11.5 Å². The van der Waals surface area contributed by atoms with Crippen LogP contribution in [-0.2, 0) is 0 Å². The maximum Gasteiger partial charge on any atom is 0.231 e. The first-order valence-electron chi connectivity index (χ1n) is 5.73. The molecule has 0 atom stereocenters. The van der Waals surface area contributed by atoms with Crippen molar-refractivity contribution in [3.8, 4) is 11.5 Å². The second kappa shape index (κ2) is 4.62. The van der Waals surface area contributed by atoms with Crippen LogP contribution in [0.2, 0.25) is 0 Å². The lowest BCUT2D eigenvalue weighted by Crippen LogP contribution is -2.11. The Labute approximate surface area is 109 Å². The number of fused-ring (bicyclic) bond motifs is 1. The van der Waals surface area contributed by atoms with Crippen molar-refractivity contribution >= 4 is 17.3 Å². The van der Waals surface area contributed by atoms with Gasteiger partial charge >= 0.3 is 0 Å². The Hall–Kier alpha value is -2.54. The van der Waals surface area contributed by atoms with E-state index in [9.17, 15) is 0 Å². The van der Waals surface area contributed by atoms with Crippen LogP contribution in [0.1, 0.15) is 5.56 Å². The summed E-state index contributed by atoms with van der Waals surface area (Å²) in [5, 5.41) is 3.19. The van der Waals surface area contributed by atoms with Gasteiger partial charge in [-0.05, 0) is 19.1 Å². The second-order valence-electron chi connectivity index (χ2n) is 4.03. The van der Waals surface area contributed by atoms with Gasteiger partial charge in [0.2, 0.25) is 6.79 Å². The van der Waals surface area contributed by atoms with E-state index in [2.05, 4.69) is 20.7 Å². The Morgan fingerprint density at radius 2 is 1.95 bits per heavy atom. The molecule has 7 heteroatoms. The fraction of sp³-hybridized carbons (Fsp3) is 0.167. The van der Waals surface area contributed by atoms with Crippen LogP contribution >= 0.6 is 0 Å². The molecule has 1 aromatic heterocycles. The van der Waals surface area contributed by atoms with Gasteiger partial charge in [-0.3, -0.25) is 0 Å². The summed E-state index contributed by atoms with van der Waals surface area (Å²) in [6, 6.07) is 5.60. The largest absolute Gasteiger partial charge is 0.454 e. The highest BCUT2D eigenvalue weighted by Gasteiger charge is 2.14. The summed E-state index contributed by atoms with van der Waals surface area (Å²) in [5.41, 5.74) is 4.22. The van der Waals surface area contributed by atoms with E-state index in [1.54, 1.807) is 0 Å². The van der Waals surface area contributed by atoms with Crippen molar-refractivity contribution in [2.24, 2.45) is 5.84 Å². The normalized spacial score (nSPS) is 12.3. The summed E-state index contributed by atoms with van der Waals surface area (Å²) >= 11 is 0. The molecule has 0 saturated carbocycles. The maximum atomic E-state index is 5.38. The topological polar surface area (TPSA) is 94.3 Å². The predicted molar refractivity (Wildman–Crippen MR) is 70.4 cm³/mol. The van der Waals surface area contributed by atoms with E-state index in [4.69, 9.17) is 15.3 Å². The molecule has 3 rings (SSSR count). The first kappa shape index (κ1) is 11.5. The number of benzene rings is 1. The Morgan fingerprint density at radius 1 is 1.16 bits per heavy atom. The molecule has 19 heavy (non-hydrogen) atoms. The third-order valence-electron chi connectivity index (χ3n) is 2.86. The lowest BCUT2D eigenvalue weighted by Gasteiger charge is -2.11. The van der Waals surface area contributed by atoms with Gasteiger partial charge in [0, 0.05) is 17.3 Å². The number of nitrogens with two attached hydrogens (primary N) is 1. The van der Waals surface area contributed by atoms with Crippen LogP contribution < -0.4 is 26.1 Å². The Balaban J connectivity index is 1.89. The number of anilines is 3. The van der Waals surface area contributed by atoms with E-state index in [0.29, 0.717) is 17.4 Å². The van der Waals surface area contributed by atoms with Crippen molar-refractivity contribution < 1.29 is 9.47 Å². The first-order valence-corrected chi connectivity index (χ1v) is 5.73. The van der Waals surface area contributed by atoms with Gasteiger partial charge in [0.05, 0.1) is 0 Å². The van der Waals surface area contributed by atoms with E-state index in [0.717, 1.165) is 17.0 Å². The van der Waals surface area contributed by atoms with Crippen LogP contribution in [0.3, 0.4) is 0 Å². The summed E-state index contributed by atoms with van der Waals surface area (Å²) in [4.78, 5) is 8.21. The standard InChI is InChI=1S/C12H13N5O2/c1-7-11(14-5-15-12(7)17-13)16-8-2-3-9-10(4-8)19-6-18-9/h2-5H,6,13H2,1H3,(H2,14,15,16,17). The number of hydrazine groups is 1. The molecule has 0 radical (unpaired) electrons. The van der Waals surface area contributed by atoms with E-state index >= 15 is 0 Å². The smallest absolute Gasteiger partial charge is 0.231 e. The number of ether oxygens (including phenoxy) is 2. The van der Waals surface area contributed by atoms with Gasteiger partial charge in [-0.15, -0.1) is 0 Å². The zero-order valence-electron chi connectivity index (χ0n) is 10.3. The minimum Gasteiger partial charge on any atom is -0.454 e. The average molecular weight is 259 g/mol. The molecule has 4 N–H and O–H groups in total. The molecule has 1 aliphatic heterocycles.